The van der Waals surface area contributed by atoms with Crippen LogP contribution in [-0.2, 0) is 6.54 Å². The summed E-state index contributed by atoms with van der Waals surface area (Å²) in [5, 5.41) is 10.9. The van der Waals surface area contributed by atoms with Crippen LogP contribution in [0, 0.1) is 0 Å². The van der Waals surface area contributed by atoms with Gasteiger partial charge in [0.15, 0.2) is 0 Å². The first-order valence-electron chi connectivity index (χ1n) is 5.83. The number of halogens is 7. The number of rotatable bonds is 6. The third-order valence-electron chi connectivity index (χ3n) is 2.60. The topological polar surface area (TPSA) is 41.5 Å². The van der Waals surface area contributed by atoms with Crippen LogP contribution in [0.15, 0.2) is 24.3 Å². The van der Waals surface area contributed by atoms with Gasteiger partial charge in [-0.05, 0) is 24.6 Å². The molecule has 0 aliphatic carbocycles. The molecule has 1 rings (SSSR count). The molecule has 10 heteroatoms. The van der Waals surface area contributed by atoms with E-state index >= 15 is 0 Å². The van der Waals surface area contributed by atoms with E-state index in [-0.39, 0.29) is 5.56 Å². The first-order valence-corrected chi connectivity index (χ1v) is 5.83. The fraction of sp³-hybridized carbons (Fsp3) is 0.500. The molecule has 22 heavy (non-hydrogen) atoms. The molecule has 0 fully saturated rings. The lowest BCUT2D eigenvalue weighted by Crippen LogP contribution is -2.53. The van der Waals surface area contributed by atoms with Crippen LogP contribution in [0.2, 0.25) is 0 Å². The number of alkyl halides is 7. The molecule has 0 aliphatic heterocycles. The highest BCUT2D eigenvalue weighted by Gasteiger charge is 2.49. The van der Waals surface area contributed by atoms with Crippen molar-refractivity contribution < 1.29 is 40.6 Å². The maximum absolute atomic E-state index is 12.7. The van der Waals surface area contributed by atoms with Crippen LogP contribution in [0.4, 0.5) is 30.7 Å². The van der Waals surface area contributed by atoms with Crippen molar-refractivity contribution in [2.75, 3.05) is 0 Å². The third-order valence-corrected chi connectivity index (χ3v) is 2.60. The van der Waals surface area contributed by atoms with Crippen molar-refractivity contribution in [2.45, 2.75) is 37.9 Å². The smallest absolute Gasteiger partial charge is 0.428 e. The maximum Gasteiger partial charge on any atom is 0.461 e. The second kappa shape index (κ2) is 6.29. The van der Waals surface area contributed by atoms with Crippen molar-refractivity contribution in [3.05, 3.63) is 29.8 Å². The van der Waals surface area contributed by atoms with Gasteiger partial charge in [-0.25, -0.2) is 0 Å². The van der Waals surface area contributed by atoms with Crippen LogP contribution in [-0.4, -0.2) is 29.5 Å². The Hall–Kier alpha value is -1.55. The Bertz CT molecular complexity index is 502. The molecule has 0 bridgehead atoms. The summed E-state index contributed by atoms with van der Waals surface area (Å²) in [6.07, 6.45) is -13.7. The molecule has 0 aromatic heterocycles. The molecule has 0 heterocycles. The fourth-order valence-corrected chi connectivity index (χ4v) is 1.30. The van der Waals surface area contributed by atoms with Gasteiger partial charge in [0, 0.05) is 6.54 Å². The van der Waals surface area contributed by atoms with E-state index in [4.69, 9.17) is 5.11 Å². The van der Waals surface area contributed by atoms with E-state index in [0.717, 1.165) is 18.2 Å². The average Bonchev–Trinajstić information content (AvgIpc) is 2.35. The normalized spacial score (nSPS) is 15.7. The van der Waals surface area contributed by atoms with Gasteiger partial charge in [-0.2, -0.15) is 30.7 Å². The van der Waals surface area contributed by atoms with E-state index in [2.05, 4.69) is 4.74 Å². The number of benzene rings is 1. The van der Waals surface area contributed by atoms with Crippen molar-refractivity contribution in [3.63, 3.8) is 0 Å². The van der Waals surface area contributed by atoms with Crippen molar-refractivity contribution in [3.8, 4) is 5.75 Å². The summed E-state index contributed by atoms with van der Waals surface area (Å²) in [4.78, 5) is 0. The molecule has 0 saturated heterocycles. The van der Waals surface area contributed by atoms with E-state index < -0.39 is 36.7 Å². The van der Waals surface area contributed by atoms with Crippen molar-refractivity contribution in [1.29, 1.82) is 0 Å². The van der Waals surface area contributed by atoms with E-state index in [1.54, 1.807) is 5.32 Å². The fourth-order valence-electron chi connectivity index (χ4n) is 1.30. The van der Waals surface area contributed by atoms with Crippen LogP contribution in [0.1, 0.15) is 12.5 Å². The summed E-state index contributed by atoms with van der Waals surface area (Å²) < 4.78 is 90.4. The van der Waals surface area contributed by atoms with E-state index in [1.807, 2.05) is 0 Å². The number of ether oxygens (including phenoxy) is 1. The molecule has 3 nitrogen and oxygen atoms in total. The Morgan fingerprint density at radius 3 is 2.27 bits per heavy atom. The standard InChI is InChI=1S/C12H12F7NO2/c1-10(21,12(17,18)19)20-6-7-3-2-4-8(5-7)22-11(15,16)9(13)14/h2-5,9,20-21H,6H2,1H3. The van der Waals surface area contributed by atoms with Crippen LogP contribution in [0.3, 0.4) is 0 Å². The average molecular weight is 335 g/mol. The Morgan fingerprint density at radius 1 is 1.18 bits per heavy atom. The van der Waals surface area contributed by atoms with Gasteiger partial charge in [0.05, 0.1) is 0 Å². The van der Waals surface area contributed by atoms with Crippen LogP contribution in [0.5, 0.6) is 5.75 Å². The summed E-state index contributed by atoms with van der Waals surface area (Å²) in [7, 11) is 0. The van der Waals surface area contributed by atoms with Gasteiger partial charge >= 0.3 is 18.7 Å². The van der Waals surface area contributed by atoms with Gasteiger partial charge in [0.2, 0.25) is 5.72 Å². The van der Waals surface area contributed by atoms with Crippen LogP contribution < -0.4 is 10.1 Å². The summed E-state index contributed by atoms with van der Waals surface area (Å²) in [5.74, 6) is -0.642. The van der Waals surface area contributed by atoms with E-state index in [9.17, 15) is 30.7 Å². The zero-order chi connectivity index (χ0) is 17.2. The van der Waals surface area contributed by atoms with Gasteiger partial charge in [-0.15, -0.1) is 0 Å². The van der Waals surface area contributed by atoms with Crippen LogP contribution in [0.25, 0.3) is 0 Å². The highest BCUT2D eigenvalue weighted by molar-refractivity contribution is 5.28. The lowest BCUT2D eigenvalue weighted by Gasteiger charge is -2.27. The van der Waals surface area contributed by atoms with Gasteiger partial charge in [0.1, 0.15) is 5.75 Å². The Morgan fingerprint density at radius 2 is 1.77 bits per heavy atom. The van der Waals surface area contributed by atoms with Gasteiger partial charge in [-0.1, -0.05) is 12.1 Å². The molecule has 0 spiro atoms. The van der Waals surface area contributed by atoms with Crippen molar-refractivity contribution in [1.82, 2.24) is 5.32 Å². The zero-order valence-corrected chi connectivity index (χ0v) is 11.1. The Kier molecular flexibility index (Phi) is 5.29. The zero-order valence-electron chi connectivity index (χ0n) is 11.1. The van der Waals surface area contributed by atoms with E-state index in [0.29, 0.717) is 6.92 Å². The van der Waals surface area contributed by atoms with Gasteiger partial charge in [-0.3, -0.25) is 5.32 Å². The summed E-state index contributed by atoms with van der Waals surface area (Å²) in [5.41, 5.74) is -3.18. The second-order valence-electron chi connectivity index (χ2n) is 4.54. The van der Waals surface area contributed by atoms with Crippen molar-refractivity contribution >= 4 is 0 Å². The van der Waals surface area contributed by atoms with Crippen molar-refractivity contribution in [2.24, 2.45) is 0 Å². The Labute approximate surface area is 120 Å². The highest BCUT2D eigenvalue weighted by Crippen LogP contribution is 2.29. The molecule has 0 aliphatic rings. The summed E-state index contributed by atoms with van der Waals surface area (Å²) in [6.45, 7) is -0.0811. The lowest BCUT2D eigenvalue weighted by molar-refractivity contribution is -0.265. The molecule has 0 saturated carbocycles. The minimum absolute atomic E-state index is 0.0205. The molecular formula is C12H12F7NO2. The Balaban J connectivity index is 2.78. The lowest BCUT2D eigenvalue weighted by atomic mass is 10.2. The molecule has 1 atom stereocenters. The summed E-state index contributed by atoms with van der Waals surface area (Å²) >= 11 is 0. The molecule has 0 amide bonds. The first-order chi connectivity index (χ1) is 9.85. The molecule has 2 N–H and O–H groups in total. The monoisotopic (exact) mass is 335 g/mol. The minimum Gasteiger partial charge on any atom is -0.428 e. The minimum atomic E-state index is -4.95. The molecular weight excluding hydrogens is 323 g/mol. The van der Waals surface area contributed by atoms with Gasteiger partial charge in [0.25, 0.3) is 0 Å². The number of nitrogens with one attached hydrogen (secondary N) is 1. The predicted molar refractivity (Wildman–Crippen MR) is 61.5 cm³/mol. The SMILES string of the molecule is CC(O)(NCc1cccc(OC(F)(F)C(F)F)c1)C(F)(F)F. The number of hydrogen-bond donors (Lipinski definition) is 2. The molecule has 1 aromatic carbocycles. The van der Waals surface area contributed by atoms with E-state index in [1.165, 1.54) is 6.07 Å². The molecule has 1 unspecified atom stereocenters. The van der Waals surface area contributed by atoms with Crippen LogP contribution >= 0.6 is 0 Å². The number of aliphatic hydroxyl groups is 1. The second-order valence-corrected chi connectivity index (χ2v) is 4.54. The highest BCUT2D eigenvalue weighted by atomic mass is 19.4. The third kappa shape index (κ3) is 4.73. The molecule has 0 radical (unpaired) electrons. The summed E-state index contributed by atoms with van der Waals surface area (Å²) in [6, 6.07) is 4.18. The maximum atomic E-state index is 12.7. The largest absolute Gasteiger partial charge is 0.461 e. The predicted octanol–water partition coefficient (Wildman–Crippen LogP) is 3.28. The quantitative estimate of drug-likeness (QED) is 0.619. The number of hydrogen-bond acceptors (Lipinski definition) is 3. The van der Waals surface area contributed by atoms with Gasteiger partial charge < -0.3 is 9.84 Å². The molecule has 126 valence electrons. The molecule has 1 aromatic rings. The first kappa shape index (κ1) is 18.5.